The highest BCUT2D eigenvalue weighted by molar-refractivity contribution is 5.99. The second-order valence-corrected chi connectivity index (χ2v) is 4.85. The Balaban J connectivity index is 2.01. The zero-order chi connectivity index (χ0) is 13.1. The summed E-state index contributed by atoms with van der Waals surface area (Å²) in [6.45, 7) is 0.696. The van der Waals surface area contributed by atoms with Crippen molar-refractivity contribution in [3.63, 3.8) is 0 Å². The Morgan fingerprint density at radius 2 is 2.33 bits per heavy atom. The Kier molecular flexibility index (Phi) is 3.81. The molecule has 5 nitrogen and oxygen atoms in total. The van der Waals surface area contributed by atoms with E-state index in [0.717, 1.165) is 18.5 Å². The lowest BCUT2D eigenvalue weighted by Crippen LogP contribution is -2.39. The van der Waals surface area contributed by atoms with Crippen LogP contribution in [0.15, 0.2) is 18.5 Å². The predicted molar refractivity (Wildman–Crippen MR) is 69.5 cm³/mol. The van der Waals surface area contributed by atoms with Gasteiger partial charge in [0.25, 0.3) is 5.91 Å². The maximum absolute atomic E-state index is 12.3. The average molecular weight is 249 g/mol. The topological polar surface area (TPSA) is 65.5 Å². The van der Waals surface area contributed by atoms with Crippen LogP contribution in [0.25, 0.3) is 0 Å². The minimum atomic E-state index is -0.174. The molecule has 0 bridgehead atoms. The van der Waals surface area contributed by atoms with Crippen molar-refractivity contribution in [2.45, 2.75) is 18.9 Å². The Labute approximate surface area is 107 Å². The lowest BCUT2D eigenvalue weighted by atomic mass is 9.82. The molecule has 0 radical (unpaired) electrons. The normalized spacial score (nSPS) is 22.2. The summed E-state index contributed by atoms with van der Waals surface area (Å²) in [5, 5.41) is 12.2. The fourth-order valence-electron chi connectivity index (χ4n) is 2.31. The van der Waals surface area contributed by atoms with Gasteiger partial charge in [-0.25, -0.2) is 0 Å². The number of aromatic nitrogens is 1. The van der Waals surface area contributed by atoms with Gasteiger partial charge in [-0.05, 0) is 24.8 Å². The number of carbonyl (C=O) groups is 1. The molecule has 2 rings (SSSR count). The third-order valence-corrected chi connectivity index (χ3v) is 3.41. The van der Waals surface area contributed by atoms with Crippen LogP contribution in [0.1, 0.15) is 23.2 Å². The summed E-state index contributed by atoms with van der Waals surface area (Å²) < 4.78 is 0. The number of rotatable bonds is 4. The fraction of sp³-hybridized carbons (Fsp3) is 0.538. The molecule has 1 aromatic rings. The highest BCUT2D eigenvalue weighted by Gasteiger charge is 2.29. The van der Waals surface area contributed by atoms with Gasteiger partial charge in [-0.1, -0.05) is 0 Å². The van der Waals surface area contributed by atoms with E-state index < -0.39 is 0 Å². The summed E-state index contributed by atoms with van der Waals surface area (Å²) in [4.78, 5) is 18.0. The van der Waals surface area contributed by atoms with E-state index in [9.17, 15) is 9.90 Å². The Morgan fingerprint density at radius 1 is 1.61 bits per heavy atom. The van der Waals surface area contributed by atoms with E-state index in [1.54, 1.807) is 37.5 Å². The van der Waals surface area contributed by atoms with Crippen LogP contribution in [-0.4, -0.2) is 47.6 Å². The van der Waals surface area contributed by atoms with E-state index in [4.69, 9.17) is 0 Å². The highest BCUT2D eigenvalue weighted by atomic mass is 16.3. The first kappa shape index (κ1) is 12.8. The van der Waals surface area contributed by atoms with E-state index in [-0.39, 0.29) is 12.0 Å². The van der Waals surface area contributed by atoms with Gasteiger partial charge < -0.3 is 15.3 Å². The van der Waals surface area contributed by atoms with E-state index in [0.29, 0.717) is 18.0 Å². The Hall–Kier alpha value is -1.62. The fourth-order valence-corrected chi connectivity index (χ4v) is 2.31. The van der Waals surface area contributed by atoms with Crippen LogP contribution in [0, 0.1) is 5.92 Å². The molecule has 0 saturated heterocycles. The number of nitrogens with one attached hydrogen (secondary N) is 1. The average Bonchev–Trinajstić information content (AvgIpc) is 2.35. The van der Waals surface area contributed by atoms with E-state index in [1.807, 2.05) is 0 Å². The van der Waals surface area contributed by atoms with Crippen molar-refractivity contribution in [2.75, 3.05) is 26.0 Å². The summed E-state index contributed by atoms with van der Waals surface area (Å²) >= 11 is 0. The van der Waals surface area contributed by atoms with Gasteiger partial charge in [0.15, 0.2) is 0 Å². The molecule has 0 spiro atoms. The molecule has 1 aromatic heterocycles. The van der Waals surface area contributed by atoms with Crippen LogP contribution in [-0.2, 0) is 0 Å². The molecule has 0 aliphatic heterocycles. The highest BCUT2D eigenvalue weighted by Crippen LogP contribution is 2.28. The maximum atomic E-state index is 12.3. The van der Waals surface area contributed by atoms with Crippen LogP contribution >= 0.6 is 0 Å². The molecule has 1 amide bonds. The van der Waals surface area contributed by atoms with Crippen molar-refractivity contribution < 1.29 is 9.90 Å². The van der Waals surface area contributed by atoms with Gasteiger partial charge >= 0.3 is 0 Å². The van der Waals surface area contributed by atoms with Gasteiger partial charge in [0.1, 0.15) is 0 Å². The van der Waals surface area contributed by atoms with E-state index in [2.05, 4.69) is 10.3 Å². The molecule has 1 fully saturated rings. The largest absolute Gasteiger partial charge is 0.393 e. The first-order valence-corrected chi connectivity index (χ1v) is 6.17. The molecule has 1 aliphatic carbocycles. The van der Waals surface area contributed by atoms with Crippen molar-refractivity contribution in [3.05, 3.63) is 24.0 Å². The van der Waals surface area contributed by atoms with Gasteiger partial charge in [-0.2, -0.15) is 0 Å². The number of amides is 1. The summed E-state index contributed by atoms with van der Waals surface area (Å²) in [5.41, 5.74) is 1.37. The quantitative estimate of drug-likeness (QED) is 0.834. The number of aliphatic hydroxyl groups is 1. The molecule has 0 unspecified atom stereocenters. The first-order valence-electron chi connectivity index (χ1n) is 6.17. The lowest BCUT2D eigenvalue weighted by molar-refractivity contribution is 0.0265. The Morgan fingerprint density at radius 3 is 2.94 bits per heavy atom. The molecule has 1 heterocycles. The SMILES string of the molecule is CNc1cnccc1C(=O)N(C)CC1CC(O)C1. The number of aliphatic hydroxyl groups excluding tert-OH is 1. The maximum Gasteiger partial charge on any atom is 0.255 e. The number of hydrogen-bond acceptors (Lipinski definition) is 4. The molecule has 98 valence electrons. The predicted octanol–water partition coefficient (Wildman–Crippen LogP) is 0.966. The molecule has 1 aliphatic rings. The minimum absolute atomic E-state index is 0.0110. The molecule has 18 heavy (non-hydrogen) atoms. The zero-order valence-corrected chi connectivity index (χ0v) is 10.8. The second kappa shape index (κ2) is 5.35. The van der Waals surface area contributed by atoms with Crippen molar-refractivity contribution in [2.24, 2.45) is 5.92 Å². The monoisotopic (exact) mass is 249 g/mol. The molecule has 2 N–H and O–H groups in total. The van der Waals surface area contributed by atoms with Gasteiger partial charge in [0.05, 0.1) is 23.6 Å². The van der Waals surface area contributed by atoms with Crippen molar-refractivity contribution in [3.8, 4) is 0 Å². The summed E-state index contributed by atoms with van der Waals surface area (Å²) in [5.74, 6) is 0.414. The molecule has 0 atom stereocenters. The molecular formula is C13H19N3O2. The number of hydrogen-bond donors (Lipinski definition) is 2. The van der Waals surface area contributed by atoms with Crippen LogP contribution in [0.2, 0.25) is 0 Å². The Bertz CT molecular complexity index is 430. The number of pyridine rings is 1. The van der Waals surface area contributed by atoms with Gasteiger partial charge in [-0.15, -0.1) is 0 Å². The molecule has 1 saturated carbocycles. The van der Waals surface area contributed by atoms with Crippen LogP contribution in [0.4, 0.5) is 5.69 Å². The standard InChI is InChI=1S/C13H19N3O2/c1-14-12-7-15-4-3-11(12)13(18)16(2)8-9-5-10(17)6-9/h3-4,7,9-10,14,17H,5-6,8H2,1-2H3. The smallest absolute Gasteiger partial charge is 0.255 e. The molecular weight excluding hydrogens is 230 g/mol. The first-order chi connectivity index (χ1) is 8.61. The van der Waals surface area contributed by atoms with Crippen LogP contribution < -0.4 is 5.32 Å². The van der Waals surface area contributed by atoms with Crippen molar-refractivity contribution in [1.29, 1.82) is 0 Å². The number of anilines is 1. The number of carbonyl (C=O) groups excluding carboxylic acids is 1. The third kappa shape index (κ3) is 2.61. The summed E-state index contributed by atoms with van der Waals surface area (Å²) in [7, 11) is 3.57. The molecule has 0 aromatic carbocycles. The van der Waals surface area contributed by atoms with E-state index in [1.165, 1.54) is 0 Å². The summed E-state index contributed by atoms with van der Waals surface area (Å²) in [6.07, 6.45) is 4.69. The van der Waals surface area contributed by atoms with Gasteiger partial charge in [0, 0.05) is 26.8 Å². The van der Waals surface area contributed by atoms with Crippen molar-refractivity contribution in [1.82, 2.24) is 9.88 Å². The van der Waals surface area contributed by atoms with Crippen molar-refractivity contribution >= 4 is 11.6 Å². The van der Waals surface area contributed by atoms with Gasteiger partial charge in [0.2, 0.25) is 0 Å². The van der Waals surface area contributed by atoms with E-state index >= 15 is 0 Å². The second-order valence-electron chi connectivity index (χ2n) is 4.85. The summed E-state index contributed by atoms with van der Waals surface area (Å²) in [6, 6.07) is 1.72. The minimum Gasteiger partial charge on any atom is -0.393 e. The van der Waals surface area contributed by atoms with Gasteiger partial charge in [-0.3, -0.25) is 9.78 Å². The lowest BCUT2D eigenvalue weighted by Gasteiger charge is -2.34. The molecule has 5 heteroatoms. The van der Waals surface area contributed by atoms with Crippen LogP contribution in [0.5, 0.6) is 0 Å². The zero-order valence-electron chi connectivity index (χ0n) is 10.8. The van der Waals surface area contributed by atoms with Crippen LogP contribution in [0.3, 0.4) is 0 Å². The third-order valence-electron chi connectivity index (χ3n) is 3.41. The number of nitrogens with zero attached hydrogens (tertiary/aromatic N) is 2.